The molecule has 6 rings (SSSR count). The monoisotopic (exact) mass is 429 g/mol. The van der Waals surface area contributed by atoms with Crippen molar-refractivity contribution in [1.29, 1.82) is 0 Å². The highest BCUT2D eigenvalue weighted by atomic mass is 16.1. The SMILES string of the molecule is CN1C=C2CN(c3ccc(Nc4ncc5cnc(=O)n(C6CCCC6)c5n4)cc3)CC2C1. The number of aromatic nitrogens is 4. The van der Waals surface area contributed by atoms with Crippen molar-refractivity contribution in [2.24, 2.45) is 5.92 Å². The first-order chi connectivity index (χ1) is 15.6. The Morgan fingerprint density at radius 2 is 1.81 bits per heavy atom. The average molecular weight is 430 g/mol. The molecule has 164 valence electrons. The van der Waals surface area contributed by atoms with Gasteiger partial charge in [0.05, 0.1) is 5.39 Å². The molecule has 1 aromatic carbocycles. The fraction of sp³-hybridized carbons (Fsp3) is 0.417. The molecule has 4 heterocycles. The van der Waals surface area contributed by atoms with Gasteiger partial charge in [-0.3, -0.25) is 4.57 Å². The second-order valence-corrected chi connectivity index (χ2v) is 9.21. The molecule has 1 aliphatic carbocycles. The van der Waals surface area contributed by atoms with E-state index < -0.39 is 0 Å². The number of rotatable bonds is 4. The molecule has 0 radical (unpaired) electrons. The molecule has 1 saturated carbocycles. The summed E-state index contributed by atoms with van der Waals surface area (Å²) in [6, 6.07) is 8.60. The standard InChI is InChI=1S/C24H27N7O/c1-29-12-17-14-30(15-18(17)13-29)20-8-6-19(7-9-20)27-23-25-10-16-11-26-24(32)31(22(16)28-23)21-4-2-3-5-21/h6-12,18,21H,2-5,13-15H2,1H3,(H,25,27,28). The maximum absolute atomic E-state index is 12.5. The Labute approximate surface area is 186 Å². The molecule has 2 fully saturated rings. The highest BCUT2D eigenvalue weighted by molar-refractivity contribution is 5.75. The van der Waals surface area contributed by atoms with E-state index in [1.807, 2.05) is 0 Å². The van der Waals surface area contributed by atoms with Crippen LogP contribution in [0.3, 0.4) is 0 Å². The molecule has 2 aromatic heterocycles. The van der Waals surface area contributed by atoms with Crippen LogP contribution in [0.5, 0.6) is 0 Å². The Bertz CT molecular complexity index is 1240. The minimum atomic E-state index is -0.227. The summed E-state index contributed by atoms with van der Waals surface area (Å²) < 4.78 is 1.76. The van der Waals surface area contributed by atoms with Crippen LogP contribution in [-0.2, 0) is 0 Å². The molecule has 3 aliphatic rings. The Morgan fingerprint density at radius 3 is 2.59 bits per heavy atom. The van der Waals surface area contributed by atoms with Gasteiger partial charge >= 0.3 is 5.69 Å². The first kappa shape index (κ1) is 19.3. The van der Waals surface area contributed by atoms with Crippen molar-refractivity contribution >= 4 is 28.4 Å². The number of nitrogens with one attached hydrogen (secondary N) is 1. The zero-order chi connectivity index (χ0) is 21.7. The third-order valence-corrected chi connectivity index (χ3v) is 6.96. The van der Waals surface area contributed by atoms with Gasteiger partial charge in [0, 0.05) is 68.6 Å². The van der Waals surface area contributed by atoms with Gasteiger partial charge in [-0.1, -0.05) is 12.8 Å². The van der Waals surface area contributed by atoms with E-state index >= 15 is 0 Å². The molecule has 0 bridgehead atoms. The molecule has 2 aliphatic heterocycles. The number of nitrogens with zero attached hydrogens (tertiary/aromatic N) is 6. The first-order valence-corrected chi connectivity index (χ1v) is 11.4. The Balaban J connectivity index is 1.23. The number of hydrogen-bond acceptors (Lipinski definition) is 7. The summed E-state index contributed by atoms with van der Waals surface area (Å²) in [4.78, 5) is 30.4. The maximum atomic E-state index is 12.5. The lowest BCUT2D eigenvalue weighted by Gasteiger charge is -2.20. The van der Waals surface area contributed by atoms with E-state index in [1.54, 1.807) is 17.0 Å². The molecule has 32 heavy (non-hydrogen) atoms. The number of hydrogen-bond donors (Lipinski definition) is 1. The molecule has 1 N–H and O–H groups in total. The lowest BCUT2D eigenvalue weighted by Crippen LogP contribution is -2.26. The van der Waals surface area contributed by atoms with Crippen molar-refractivity contribution in [3.63, 3.8) is 0 Å². The van der Waals surface area contributed by atoms with Crippen LogP contribution in [0.1, 0.15) is 31.7 Å². The summed E-state index contributed by atoms with van der Waals surface area (Å²) >= 11 is 0. The maximum Gasteiger partial charge on any atom is 0.349 e. The van der Waals surface area contributed by atoms with Crippen molar-refractivity contribution in [1.82, 2.24) is 24.4 Å². The van der Waals surface area contributed by atoms with Gasteiger partial charge in [-0.15, -0.1) is 0 Å². The molecule has 1 atom stereocenters. The van der Waals surface area contributed by atoms with Crippen LogP contribution in [0, 0.1) is 5.92 Å². The van der Waals surface area contributed by atoms with E-state index in [2.05, 4.69) is 62.6 Å². The van der Waals surface area contributed by atoms with E-state index in [9.17, 15) is 4.79 Å². The van der Waals surface area contributed by atoms with E-state index in [0.717, 1.165) is 56.4 Å². The predicted octanol–water partition coefficient (Wildman–Crippen LogP) is 3.31. The van der Waals surface area contributed by atoms with Crippen LogP contribution in [0.25, 0.3) is 11.0 Å². The molecule has 0 amide bonds. The second-order valence-electron chi connectivity index (χ2n) is 9.21. The van der Waals surface area contributed by atoms with Gasteiger partial charge in [0.15, 0.2) is 5.65 Å². The third kappa shape index (κ3) is 3.39. The van der Waals surface area contributed by atoms with E-state index in [1.165, 1.54) is 11.3 Å². The minimum Gasteiger partial charge on any atom is -0.380 e. The van der Waals surface area contributed by atoms with E-state index in [0.29, 0.717) is 17.5 Å². The van der Waals surface area contributed by atoms with Crippen LogP contribution in [0.2, 0.25) is 0 Å². The van der Waals surface area contributed by atoms with Gasteiger partial charge in [-0.05, 0) is 42.7 Å². The van der Waals surface area contributed by atoms with Gasteiger partial charge < -0.3 is 15.1 Å². The van der Waals surface area contributed by atoms with E-state index in [4.69, 9.17) is 4.98 Å². The van der Waals surface area contributed by atoms with Crippen molar-refractivity contribution in [3.8, 4) is 0 Å². The van der Waals surface area contributed by atoms with Gasteiger partial charge in [-0.2, -0.15) is 4.98 Å². The average Bonchev–Trinajstić information content (AvgIpc) is 3.51. The third-order valence-electron chi connectivity index (χ3n) is 6.96. The van der Waals surface area contributed by atoms with Gasteiger partial charge in [0.25, 0.3) is 0 Å². The van der Waals surface area contributed by atoms with Crippen molar-refractivity contribution < 1.29 is 0 Å². The summed E-state index contributed by atoms with van der Waals surface area (Å²) in [7, 11) is 2.15. The quantitative estimate of drug-likeness (QED) is 0.682. The molecule has 8 nitrogen and oxygen atoms in total. The lowest BCUT2D eigenvalue weighted by molar-refractivity contribution is 0.442. The second kappa shape index (κ2) is 7.62. The Kier molecular flexibility index (Phi) is 4.59. The highest BCUT2D eigenvalue weighted by Gasteiger charge is 2.32. The minimum absolute atomic E-state index is 0.176. The van der Waals surface area contributed by atoms with E-state index in [-0.39, 0.29) is 11.7 Å². The summed E-state index contributed by atoms with van der Waals surface area (Å²) in [5.41, 5.74) is 4.12. The van der Waals surface area contributed by atoms with Crippen molar-refractivity contribution in [3.05, 3.63) is 58.9 Å². The number of fused-ring (bicyclic) bond motifs is 2. The Morgan fingerprint density at radius 1 is 1.03 bits per heavy atom. The molecular weight excluding hydrogens is 402 g/mol. The van der Waals surface area contributed by atoms with Gasteiger partial charge in [0.1, 0.15) is 0 Å². The van der Waals surface area contributed by atoms with Crippen LogP contribution in [0.4, 0.5) is 17.3 Å². The fourth-order valence-corrected chi connectivity index (χ4v) is 5.38. The van der Waals surface area contributed by atoms with Crippen molar-refractivity contribution in [2.75, 3.05) is 36.9 Å². The lowest BCUT2D eigenvalue weighted by atomic mass is 10.1. The molecule has 3 aromatic rings. The molecular formula is C24H27N7O. The van der Waals surface area contributed by atoms with Gasteiger partial charge in [0.2, 0.25) is 5.95 Å². The molecule has 8 heteroatoms. The highest BCUT2D eigenvalue weighted by Crippen LogP contribution is 2.33. The molecule has 1 saturated heterocycles. The van der Waals surface area contributed by atoms with Crippen molar-refractivity contribution in [2.45, 2.75) is 31.7 Å². The largest absolute Gasteiger partial charge is 0.380 e. The first-order valence-electron chi connectivity index (χ1n) is 11.4. The van der Waals surface area contributed by atoms with Crippen LogP contribution < -0.4 is 15.9 Å². The van der Waals surface area contributed by atoms with Crippen LogP contribution in [-0.4, -0.2) is 51.1 Å². The number of benzene rings is 1. The predicted molar refractivity (Wildman–Crippen MR) is 125 cm³/mol. The number of anilines is 3. The normalized spacial score (nSPS) is 20.8. The zero-order valence-corrected chi connectivity index (χ0v) is 18.2. The smallest absolute Gasteiger partial charge is 0.349 e. The van der Waals surface area contributed by atoms with Gasteiger partial charge in [-0.25, -0.2) is 14.8 Å². The Hall–Kier alpha value is -3.42. The molecule has 1 unspecified atom stereocenters. The summed E-state index contributed by atoms with van der Waals surface area (Å²) in [6.45, 7) is 3.19. The fourth-order valence-electron chi connectivity index (χ4n) is 5.38. The van der Waals surface area contributed by atoms with Crippen LogP contribution in [0.15, 0.2) is 53.2 Å². The molecule has 0 spiro atoms. The van der Waals surface area contributed by atoms with Crippen LogP contribution >= 0.6 is 0 Å². The zero-order valence-electron chi connectivity index (χ0n) is 18.2. The summed E-state index contributed by atoms with van der Waals surface area (Å²) in [6.07, 6.45) is 9.88. The topological polar surface area (TPSA) is 79.2 Å². The summed E-state index contributed by atoms with van der Waals surface area (Å²) in [5, 5.41) is 4.09. The summed E-state index contributed by atoms with van der Waals surface area (Å²) in [5.74, 6) is 1.14.